The molecule has 1 aromatic rings. The third-order valence-electron chi connectivity index (χ3n) is 2.05. The number of ether oxygens (including phenoxy) is 1. The molecule has 9 heteroatoms. The normalized spacial score (nSPS) is 13.1. The molecule has 0 aliphatic heterocycles. The predicted molar refractivity (Wildman–Crippen MR) is 47.0 cm³/mol. The Bertz CT molecular complexity index is 402. The molecular formula is C10H6F8O. The summed E-state index contributed by atoms with van der Waals surface area (Å²) in [5.74, 6) is -2.58. The first-order chi connectivity index (χ1) is 8.53. The highest BCUT2D eigenvalue weighted by atomic mass is 19.4. The number of halogens is 8. The van der Waals surface area contributed by atoms with Gasteiger partial charge in [-0.25, -0.2) is 8.78 Å². The second-order valence-electron chi connectivity index (χ2n) is 3.47. The third-order valence-corrected chi connectivity index (χ3v) is 2.05. The molecule has 0 radical (unpaired) electrons. The minimum Gasteiger partial charge on any atom is -0.356 e. The van der Waals surface area contributed by atoms with Crippen molar-refractivity contribution in [1.82, 2.24) is 0 Å². The molecule has 1 rings (SSSR count). The van der Waals surface area contributed by atoms with Gasteiger partial charge in [-0.05, 0) is 12.1 Å². The number of rotatable bonds is 3. The zero-order valence-electron chi connectivity index (χ0n) is 8.95. The molecule has 108 valence electrons. The fourth-order valence-electron chi connectivity index (χ4n) is 1.21. The maximum atomic E-state index is 13.0. The van der Waals surface area contributed by atoms with Gasteiger partial charge in [0.2, 0.25) is 6.10 Å². The number of alkyl halides is 6. The van der Waals surface area contributed by atoms with Crippen LogP contribution in [0.1, 0.15) is 5.56 Å². The molecule has 0 atom stereocenters. The number of benzene rings is 1. The summed E-state index contributed by atoms with van der Waals surface area (Å²) in [5.41, 5.74) is -0.999. The van der Waals surface area contributed by atoms with E-state index >= 15 is 0 Å². The summed E-state index contributed by atoms with van der Waals surface area (Å²) in [6.07, 6.45) is -15.5. The van der Waals surface area contributed by atoms with Crippen LogP contribution in [0.4, 0.5) is 35.1 Å². The molecule has 0 spiro atoms. The lowest BCUT2D eigenvalue weighted by atomic mass is 10.2. The molecule has 0 amide bonds. The molecule has 1 aromatic carbocycles. The van der Waals surface area contributed by atoms with Gasteiger partial charge < -0.3 is 4.74 Å². The van der Waals surface area contributed by atoms with Gasteiger partial charge in [-0.2, -0.15) is 26.3 Å². The van der Waals surface area contributed by atoms with Crippen LogP contribution in [-0.2, 0) is 11.3 Å². The van der Waals surface area contributed by atoms with E-state index in [1.54, 1.807) is 0 Å². The molecule has 0 saturated heterocycles. The molecule has 1 nitrogen and oxygen atoms in total. The maximum Gasteiger partial charge on any atom is 0.423 e. The van der Waals surface area contributed by atoms with E-state index in [0.717, 1.165) is 6.07 Å². The largest absolute Gasteiger partial charge is 0.423 e. The van der Waals surface area contributed by atoms with Gasteiger partial charge in [-0.15, -0.1) is 0 Å². The Hall–Kier alpha value is -1.38. The Morgan fingerprint density at radius 3 is 1.68 bits per heavy atom. The summed E-state index contributed by atoms with van der Waals surface area (Å²) >= 11 is 0. The zero-order chi connectivity index (χ0) is 14.8. The van der Waals surface area contributed by atoms with Crippen molar-refractivity contribution in [2.24, 2.45) is 0 Å². The van der Waals surface area contributed by atoms with Gasteiger partial charge in [-0.3, -0.25) is 0 Å². The second kappa shape index (κ2) is 5.32. The van der Waals surface area contributed by atoms with Crippen LogP contribution in [0.3, 0.4) is 0 Å². The Kier molecular flexibility index (Phi) is 4.39. The van der Waals surface area contributed by atoms with Gasteiger partial charge in [0, 0.05) is 5.56 Å². The standard InChI is InChI=1S/C10H6F8O/c11-6-2-1-3-7(12)5(6)4-19-8(9(13,14)15)10(16,17)18/h1-3,8H,4H2. The SMILES string of the molecule is Fc1cccc(F)c1COC(C(F)(F)F)C(F)(F)F. The molecule has 0 aromatic heterocycles. The van der Waals surface area contributed by atoms with Crippen LogP contribution in [-0.4, -0.2) is 18.5 Å². The summed E-state index contributed by atoms with van der Waals surface area (Å²) in [5, 5.41) is 0. The maximum absolute atomic E-state index is 13.0. The van der Waals surface area contributed by atoms with E-state index in [0.29, 0.717) is 12.1 Å². The molecule has 0 fully saturated rings. The summed E-state index contributed by atoms with van der Waals surface area (Å²) < 4.78 is 102. The smallest absolute Gasteiger partial charge is 0.356 e. The van der Waals surface area contributed by atoms with Gasteiger partial charge in [-0.1, -0.05) is 6.07 Å². The monoisotopic (exact) mass is 294 g/mol. The van der Waals surface area contributed by atoms with Crippen molar-refractivity contribution in [2.75, 3.05) is 0 Å². The van der Waals surface area contributed by atoms with E-state index in [2.05, 4.69) is 4.74 Å². The quantitative estimate of drug-likeness (QED) is 0.766. The lowest BCUT2D eigenvalue weighted by Crippen LogP contribution is -2.44. The van der Waals surface area contributed by atoms with Crippen LogP contribution >= 0.6 is 0 Å². The van der Waals surface area contributed by atoms with E-state index in [1.165, 1.54) is 0 Å². The Labute approximate surface area is 101 Å². The first kappa shape index (κ1) is 15.7. The van der Waals surface area contributed by atoms with Gasteiger partial charge in [0.15, 0.2) is 0 Å². The Balaban J connectivity index is 2.89. The second-order valence-corrected chi connectivity index (χ2v) is 3.47. The van der Waals surface area contributed by atoms with Crippen LogP contribution in [0.2, 0.25) is 0 Å². The van der Waals surface area contributed by atoms with Crippen molar-refractivity contribution in [3.8, 4) is 0 Å². The molecule has 0 aliphatic rings. The van der Waals surface area contributed by atoms with Crippen molar-refractivity contribution in [1.29, 1.82) is 0 Å². The van der Waals surface area contributed by atoms with Gasteiger partial charge >= 0.3 is 12.4 Å². The first-order valence-electron chi connectivity index (χ1n) is 4.71. The highest BCUT2D eigenvalue weighted by molar-refractivity contribution is 5.18. The van der Waals surface area contributed by atoms with Crippen LogP contribution in [0.5, 0.6) is 0 Å². The fourth-order valence-corrected chi connectivity index (χ4v) is 1.21. The molecule has 0 aliphatic carbocycles. The summed E-state index contributed by atoms with van der Waals surface area (Å²) in [7, 11) is 0. The van der Waals surface area contributed by atoms with Crippen LogP contribution in [0.25, 0.3) is 0 Å². The summed E-state index contributed by atoms with van der Waals surface area (Å²) in [4.78, 5) is 0. The van der Waals surface area contributed by atoms with Gasteiger partial charge in [0.25, 0.3) is 0 Å². The van der Waals surface area contributed by atoms with E-state index in [4.69, 9.17) is 0 Å². The molecule has 0 N–H and O–H groups in total. The van der Waals surface area contributed by atoms with Crippen molar-refractivity contribution in [3.63, 3.8) is 0 Å². The van der Waals surface area contributed by atoms with Crippen molar-refractivity contribution < 1.29 is 39.9 Å². The molecule has 19 heavy (non-hydrogen) atoms. The third kappa shape index (κ3) is 4.05. The molecular weight excluding hydrogens is 288 g/mol. The first-order valence-corrected chi connectivity index (χ1v) is 4.71. The molecule has 0 saturated carbocycles. The van der Waals surface area contributed by atoms with E-state index in [9.17, 15) is 35.1 Å². The van der Waals surface area contributed by atoms with Crippen LogP contribution in [0, 0.1) is 11.6 Å². The summed E-state index contributed by atoms with van der Waals surface area (Å²) in [6.45, 7) is -1.48. The van der Waals surface area contributed by atoms with Crippen LogP contribution < -0.4 is 0 Å². The van der Waals surface area contributed by atoms with Gasteiger partial charge in [0.05, 0.1) is 6.61 Å². The average molecular weight is 294 g/mol. The highest BCUT2D eigenvalue weighted by Gasteiger charge is 2.58. The van der Waals surface area contributed by atoms with Crippen molar-refractivity contribution in [3.05, 3.63) is 35.4 Å². The van der Waals surface area contributed by atoms with Crippen LogP contribution in [0.15, 0.2) is 18.2 Å². The minimum absolute atomic E-state index is 0.692. The predicted octanol–water partition coefficient (Wildman–Crippen LogP) is 3.97. The van der Waals surface area contributed by atoms with Crippen molar-refractivity contribution >= 4 is 0 Å². The zero-order valence-corrected chi connectivity index (χ0v) is 8.95. The van der Waals surface area contributed by atoms with E-state index in [1.807, 2.05) is 0 Å². The topological polar surface area (TPSA) is 9.23 Å². The Morgan fingerprint density at radius 2 is 1.32 bits per heavy atom. The molecule has 0 heterocycles. The minimum atomic E-state index is -5.72. The lowest BCUT2D eigenvalue weighted by Gasteiger charge is -2.23. The fraction of sp³-hybridized carbons (Fsp3) is 0.400. The number of hydrogen-bond acceptors (Lipinski definition) is 1. The van der Waals surface area contributed by atoms with Crippen molar-refractivity contribution in [2.45, 2.75) is 25.1 Å². The molecule has 0 unspecified atom stereocenters. The molecule has 0 bridgehead atoms. The lowest BCUT2D eigenvalue weighted by molar-refractivity contribution is -0.324. The van der Waals surface area contributed by atoms with E-state index < -0.39 is 42.3 Å². The number of hydrogen-bond donors (Lipinski definition) is 0. The highest BCUT2D eigenvalue weighted by Crippen LogP contribution is 2.36. The van der Waals surface area contributed by atoms with E-state index in [-0.39, 0.29) is 0 Å². The Morgan fingerprint density at radius 1 is 0.895 bits per heavy atom. The average Bonchev–Trinajstić information content (AvgIpc) is 2.18. The van der Waals surface area contributed by atoms with Gasteiger partial charge in [0.1, 0.15) is 11.6 Å². The summed E-state index contributed by atoms with van der Waals surface area (Å²) in [6, 6.07) is 2.30.